The van der Waals surface area contributed by atoms with E-state index in [0.717, 1.165) is 5.96 Å². The lowest BCUT2D eigenvalue weighted by Crippen LogP contribution is -2.57. The number of nitrogens with one attached hydrogen (secondary N) is 1. The number of aliphatic imine (C=N–C) groups is 1. The van der Waals surface area contributed by atoms with E-state index in [1.165, 1.54) is 31.0 Å². The number of carbonyl (C=O) groups is 2. The first-order chi connectivity index (χ1) is 17.3. The lowest BCUT2D eigenvalue weighted by Gasteiger charge is -2.39. The van der Waals surface area contributed by atoms with E-state index in [-0.39, 0.29) is 17.8 Å². The highest BCUT2D eigenvalue weighted by molar-refractivity contribution is 7.80. The molecule has 1 aromatic rings. The number of nitrogens with zero attached hydrogens (tertiary/aromatic N) is 2. The van der Waals surface area contributed by atoms with Gasteiger partial charge in [-0.1, -0.05) is 18.2 Å². The molecule has 1 amide bonds. The van der Waals surface area contributed by atoms with Crippen molar-refractivity contribution in [1.29, 1.82) is 0 Å². The van der Waals surface area contributed by atoms with Crippen LogP contribution in [0.25, 0.3) is 0 Å². The summed E-state index contributed by atoms with van der Waals surface area (Å²) >= 11 is 4.28. The van der Waals surface area contributed by atoms with Crippen LogP contribution in [0.2, 0.25) is 0 Å². The standard InChI is InChI=1S/C23H32N3O9PS/c1-14(2)33-20(29)15(3)24-13-36(31,35-16-8-6-5-7-9-16)32-12-17-19(28)23(4,30)21(34-17)26-11-10-18(27)25-22(26)37/h5-11,13-15,17,19,21-22,28,30,37H,12H2,1-4H3,(H,25,27)/b24-13+/t15-,17+,19-,21+,22?,23?,36?/m0/s1. The van der Waals surface area contributed by atoms with E-state index >= 15 is 0 Å². The van der Waals surface area contributed by atoms with E-state index < -0.39 is 55.7 Å². The van der Waals surface area contributed by atoms with Gasteiger partial charge in [-0.15, -0.1) is 12.6 Å². The Morgan fingerprint density at radius 3 is 2.65 bits per heavy atom. The topological polar surface area (TPSA) is 156 Å². The highest BCUT2D eigenvalue weighted by Gasteiger charge is 2.55. The smallest absolute Gasteiger partial charge is 0.421 e. The van der Waals surface area contributed by atoms with Crippen molar-refractivity contribution >= 4 is 38.1 Å². The zero-order valence-corrected chi connectivity index (χ0v) is 22.6. The van der Waals surface area contributed by atoms with Gasteiger partial charge in [0.25, 0.3) is 0 Å². The summed E-state index contributed by atoms with van der Waals surface area (Å²) in [6.07, 6.45) is -1.47. The van der Waals surface area contributed by atoms with Gasteiger partial charge >= 0.3 is 13.6 Å². The van der Waals surface area contributed by atoms with Gasteiger partial charge in [0, 0.05) is 12.3 Å². The molecule has 1 saturated heterocycles. The average molecular weight is 558 g/mol. The maximum Gasteiger partial charge on any atom is 0.421 e. The van der Waals surface area contributed by atoms with Gasteiger partial charge in [0.2, 0.25) is 5.91 Å². The fourth-order valence-corrected chi connectivity index (χ4v) is 5.18. The van der Waals surface area contributed by atoms with E-state index in [2.05, 4.69) is 22.9 Å². The predicted molar refractivity (Wildman–Crippen MR) is 137 cm³/mol. The SMILES string of the molecule is CC(C)OC(=O)[C@H](C)/N=C/P(=O)(OC[C@H]1O[C@@H](N2C=CC(=O)NC2S)C(C)(O)[C@H]1O)Oc1ccccc1. The Morgan fingerprint density at radius 2 is 2.03 bits per heavy atom. The molecule has 2 aliphatic rings. The summed E-state index contributed by atoms with van der Waals surface area (Å²) in [4.78, 5) is 29.1. The molecule has 12 nitrogen and oxygen atoms in total. The summed E-state index contributed by atoms with van der Waals surface area (Å²) in [5.41, 5.74) is -2.64. The molecule has 2 aliphatic heterocycles. The number of hydrogen-bond donors (Lipinski definition) is 4. The summed E-state index contributed by atoms with van der Waals surface area (Å²) in [7, 11) is -4.13. The Labute approximate surface area is 220 Å². The Balaban J connectivity index is 1.77. The van der Waals surface area contributed by atoms with Crippen molar-refractivity contribution in [2.24, 2.45) is 4.99 Å². The quantitative estimate of drug-likeness (QED) is 0.144. The monoisotopic (exact) mass is 557 g/mol. The molecule has 1 fully saturated rings. The van der Waals surface area contributed by atoms with Crippen molar-refractivity contribution < 1.29 is 42.9 Å². The molecule has 0 radical (unpaired) electrons. The van der Waals surface area contributed by atoms with Crippen molar-refractivity contribution in [2.45, 2.75) is 69.4 Å². The third kappa shape index (κ3) is 7.34. The van der Waals surface area contributed by atoms with Gasteiger partial charge in [0.05, 0.1) is 12.7 Å². The lowest BCUT2D eigenvalue weighted by molar-refractivity contribution is -0.148. The fraction of sp³-hybridized carbons (Fsp3) is 0.522. The Morgan fingerprint density at radius 1 is 1.35 bits per heavy atom. The van der Waals surface area contributed by atoms with Gasteiger partial charge in [0.1, 0.15) is 41.1 Å². The average Bonchev–Trinajstić information content (AvgIpc) is 3.05. The second kappa shape index (κ2) is 12.0. The number of hydrogen-bond acceptors (Lipinski definition) is 12. The zero-order valence-electron chi connectivity index (χ0n) is 20.8. The van der Waals surface area contributed by atoms with Gasteiger partial charge in [-0.25, -0.2) is 9.36 Å². The minimum absolute atomic E-state index is 0.222. The number of esters is 1. The van der Waals surface area contributed by atoms with Crippen LogP contribution in [0.3, 0.4) is 0 Å². The van der Waals surface area contributed by atoms with Crippen LogP contribution >= 0.6 is 20.2 Å². The molecule has 14 heteroatoms. The second-order valence-corrected chi connectivity index (χ2v) is 11.2. The van der Waals surface area contributed by atoms with Crippen LogP contribution in [-0.2, 0) is 28.2 Å². The van der Waals surface area contributed by atoms with Crippen molar-refractivity contribution in [3.8, 4) is 5.75 Å². The molecule has 3 unspecified atom stereocenters. The first-order valence-corrected chi connectivity index (χ1v) is 13.7. The fourth-order valence-electron chi connectivity index (χ4n) is 3.56. The van der Waals surface area contributed by atoms with Crippen LogP contribution in [0.15, 0.2) is 47.6 Å². The molecule has 0 bridgehead atoms. The Bertz CT molecular complexity index is 1070. The summed E-state index contributed by atoms with van der Waals surface area (Å²) in [5.74, 6) is 0.142. The van der Waals surface area contributed by atoms with Crippen LogP contribution < -0.4 is 9.84 Å². The molecule has 0 aromatic heterocycles. The molecule has 3 rings (SSSR count). The number of para-hydroxylation sites is 1. The first-order valence-electron chi connectivity index (χ1n) is 11.6. The summed E-state index contributed by atoms with van der Waals surface area (Å²) < 4.78 is 35.7. The number of aliphatic hydroxyl groups excluding tert-OH is 1. The maximum absolute atomic E-state index is 13.6. The zero-order chi connectivity index (χ0) is 27.4. The van der Waals surface area contributed by atoms with Gasteiger partial charge < -0.3 is 34.4 Å². The lowest BCUT2D eigenvalue weighted by atomic mass is 9.96. The molecule has 3 N–H and O–H groups in total. The van der Waals surface area contributed by atoms with Crippen LogP contribution in [0, 0.1) is 0 Å². The van der Waals surface area contributed by atoms with Crippen LogP contribution in [0.1, 0.15) is 27.7 Å². The van der Waals surface area contributed by atoms with Crippen molar-refractivity contribution in [2.75, 3.05) is 6.61 Å². The van der Waals surface area contributed by atoms with Gasteiger partial charge in [-0.2, -0.15) is 0 Å². The second-order valence-electron chi connectivity index (χ2n) is 9.01. The number of thiol groups is 1. The van der Waals surface area contributed by atoms with Crippen LogP contribution in [0.5, 0.6) is 5.75 Å². The molecular weight excluding hydrogens is 525 g/mol. The van der Waals surface area contributed by atoms with E-state index in [0.29, 0.717) is 0 Å². The number of rotatable bonds is 10. The summed E-state index contributed by atoms with van der Waals surface area (Å²) in [6.45, 7) is 5.75. The maximum atomic E-state index is 13.6. The minimum atomic E-state index is -4.13. The van der Waals surface area contributed by atoms with Crippen molar-refractivity contribution in [3.05, 3.63) is 42.6 Å². The van der Waals surface area contributed by atoms with E-state index in [1.807, 2.05) is 0 Å². The van der Waals surface area contributed by atoms with Gasteiger partial charge in [-0.3, -0.25) is 14.3 Å². The third-order valence-electron chi connectivity index (χ3n) is 5.50. The first kappa shape index (κ1) is 29.2. The molecule has 0 aliphatic carbocycles. The van der Waals surface area contributed by atoms with E-state index in [9.17, 15) is 24.4 Å². The number of aliphatic hydroxyl groups is 2. The molecule has 0 saturated carbocycles. The normalized spacial score (nSPS) is 30.3. The molecule has 0 spiro atoms. The summed E-state index contributed by atoms with van der Waals surface area (Å²) in [5, 5.41) is 24.3. The molecule has 1 aromatic carbocycles. The molecule has 37 heavy (non-hydrogen) atoms. The van der Waals surface area contributed by atoms with E-state index in [4.69, 9.17) is 18.5 Å². The molecular formula is C23H32N3O9PS. The molecule has 2 heterocycles. The van der Waals surface area contributed by atoms with Crippen LogP contribution in [-0.4, -0.2) is 81.2 Å². The minimum Gasteiger partial charge on any atom is -0.461 e. The largest absolute Gasteiger partial charge is 0.461 e. The number of carbonyl (C=O) groups excluding carboxylic acids is 2. The Hall–Kier alpha value is -2.41. The van der Waals surface area contributed by atoms with E-state index in [1.54, 1.807) is 44.2 Å². The predicted octanol–water partition coefficient (Wildman–Crippen LogP) is 1.64. The van der Waals surface area contributed by atoms with Crippen molar-refractivity contribution in [3.63, 3.8) is 0 Å². The summed E-state index contributed by atoms with van der Waals surface area (Å²) in [6, 6.07) is 7.23. The van der Waals surface area contributed by atoms with Crippen LogP contribution in [0.4, 0.5) is 0 Å². The molecule has 204 valence electrons. The number of ether oxygens (including phenoxy) is 2. The van der Waals surface area contributed by atoms with Crippen molar-refractivity contribution in [1.82, 2.24) is 10.2 Å². The third-order valence-corrected chi connectivity index (χ3v) is 7.28. The van der Waals surface area contributed by atoms with Gasteiger partial charge in [-0.05, 0) is 39.8 Å². The number of amides is 1. The molecule has 7 atom stereocenters. The highest BCUT2D eigenvalue weighted by Crippen LogP contribution is 2.47. The number of benzene rings is 1. The van der Waals surface area contributed by atoms with Gasteiger partial charge in [0.15, 0.2) is 6.23 Å². The Kier molecular flexibility index (Phi) is 9.43. The highest BCUT2D eigenvalue weighted by atomic mass is 32.1.